The van der Waals surface area contributed by atoms with Crippen molar-refractivity contribution in [2.75, 3.05) is 18.4 Å². The predicted molar refractivity (Wildman–Crippen MR) is 72.7 cm³/mol. The van der Waals surface area contributed by atoms with Gasteiger partial charge in [0.25, 0.3) is 0 Å². The first kappa shape index (κ1) is 13.3. The van der Waals surface area contributed by atoms with E-state index in [-0.39, 0.29) is 5.91 Å². The van der Waals surface area contributed by atoms with Gasteiger partial charge in [-0.1, -0.05) is 11.6 Å². The van der Waals surface area contributed by atoms with Gasteiger partial charge in [-0.25, -0.2) is 4.98 Å². The zero-order chi connectivity index (χ0) is 12.8. The Labute approximate surface area is 112 Å². The van der Waals surface area contributed by atoms with Crippen LogP contribution in [0, 0.1) is 5.92 Å². The smallest absolute Gasteiger partial charge is 0.225 e. The lowest BCUT2D eigenvalue weighted by Gasteiger charge is -2.22. The Balaban J connectivity index is 1.74. The highest BCUT2D eigenvalue weighted by Crippen LogP contribution is 2.18. The van der Waals surface area contributed by atoms with E-state index in [0.717, 1.165) is 19.5 Å². The quantitative estimate of drug-likeness (QED) is 0.881. The molecule has 0 atom stereocenters. The van der Waals surface area contributed by atoms with E-state index < -0.39 is 0 Å². The van der Waals surface area contributed by atoms with Crippen LogP contribution in [0.2, 0.25) is 5.02 Å². The molecule has 1 saturated heterocycles. The summed E-state index contributed by atoms with van der Waals surface area (Å²) in [5.41, 5.74) is 0. The molecule has 0 bridgehead atoms. The minimum absolute atomic E-state index is 0.0169. The fourth-order valence-electron chi connectivity index (χ4n) is 2.18. The first-order valence-electron chi connectivity index (χ1n) is 6.36. The number of carbonyl (C=O) groups excluding carboxylic acids is 1. The van der Waals surface area contributed by atoms with Crippen LogP contribution in [0.25, 0.3) is 0 Å². The van der Waals surface area contributed by atoms with Crippen LogP contribution >= 0.6 is 11.6 Å². The third-order valence-corrected chi connectivity index (χ3v) is 3.46. The Morgan fingerprint density at radius 1 is 1.50 bits per heavy atom. The molecule has 0 spiro atoms. The highest BCUT2D eigenvalue weighted by atomic mass is 35.5. The van der Waals surface area contributed by atoms with Gasteiger partial charge in [-0.2, -0.15) is 0 Å². The molecular weight excluding hydrogens is 250 g/mol. The summed E-state index contributed by atoms with van der Waals surface area (Å²) < 4.78 is 0. The normalized spacial score (nSPS) is 16.5. The standard InChI is InChI=1S/C13H18ClN3O/c14-11-5-8-16-12(9-11)17-13(18)2-1-10-3-6-15-7-4-10/h5,8-10,15H,1-4,6-7H2,(H,16,17,18). The summed E-state index contributed by atoms with van der Waals surface area (Å²) in [5.74, 6) is 1.21. The van der Waals surface area contributed by atoms with Gasteiger partial charge in [0, 0.05) is 17.6 Å². The maximum absolute atomic E-state index is 11.8. The average Bonchev–Trinajstić information content (AvgIpc) is 2.38. The number of nitrogens with one attached hydrogen (secondary N) is 2. The largest absolute Gasteiger partial charge is 0.317 e. The molecule has 98 valence electrons. The molecule has 2 rings (SSSR count). The van der Waals surface area contributed by atoms with Crippen molar-refractivity contribution in [3.05, 3.63) is 23.4 Å². The van der Waals surface area contributed by atoms with Gasteiger partial charge in [-0.3, -0.25) is 4.79 Å². The molecule has 1 aliphatic rings. The van der Waals surface area contributed by atoms with E-state index in [4.69, 9.17) is 11.6 Å². The number of pyridine rings is 1. The monoisotopic (exact) mass is 267 g/mol. The lowest BCUT2D eigenvalue weighted by atomic mass is 9.93. The molecule has 1 fully saturated rings. The Bertz CT molecular complexity index is 405. The number of carbonyl (C=O) groups is 1. The predicted octanol–water partition coefficient (Wildman–Crippen LogP) is 2.45. The molecule has 0 aliphatic carbocycles. The lowest BCUT2D eigenvalue weighted by molar-refractivity contribution is -0.116. The van der Waals surface area contributed by atoms with E-state index in [2.05, 4.69) is 15.6 Å². The van der Waals surface area contributed by atoms with Crippen molar-refractivity contribution in [2.24, 2.45) is 5.92 Å². The molecule has 1 aromatic rings. The maximum atomic E-state index is 11.8. The van der Waals surface area contributed by atoms with Crippen LogP contribution in [0.3, 0.4) is 0 Å². The summed E-state index contributed by atoms with van der Waals surface area (Å²) in [6, 6.07) is 3.34. The number of rotatable bonds is 4. The van der Waals surface area contributed by atoms with E-state index >= 15 is 0 Å². The molecule has 2 heterocycles. The molecule has 0 radical (unpaired) electrons. The van der Waals surface area contributed by atoms with Gasteiger partial charge in [-0.05, 0) is 50.4 Å². The molecule has 1 aromatic heterocycles. The van der Waals surface area contributed by atoms with Crippen LogP contribution in [-0.2, 0) is 4.79 Å². The zero-order valence-electron chi connectivity index (χ0n) is 10.3. The summed E-state index contributed by atoms with van der Waals surface area (Å²) >= 11 is 5.83. The molecule has 2 N–H and O–H groups in total. The summed E-state index contributed by atoms with van der Waals surface area (Å²) in [6.07, 6.45) is 5.43. The molecule has 1 amide bonds. The van der Waals surface area contributed by atoms with Crippen LogP contribution in [0.5, 0.6) is 0 Å². The molecule has 1 aliphatic heterocycles. The number of hydrogen-bond donors (Lipinski definition) is 2. The Morgan fingerprint density at radius 2 is 2.28 bits per heavy atom. The van der Waals surface area contributed by atoms with Gasteiger partial charge >= 0.3 is 0 Å². The fourth-order valence-corrected chi connectivity index (χ4v) is 2.34. The van der Waals surface area contributed by atoms with Crippen molar-refractivity contribution in [1.82, 2.24) is 10.3 Å². The third kappa shape index (κ3) is 4.27. The van der Waals surface area contributed by atoms with E-state index in [1.54, 1.807) is 18.3 Å². The van der Waals surface area contributed by atoms with E-state index in [9.17, 15) is 4.79 Å². The molecule has 4 nitrogen and oxygen atoms in total. The molecule has 18 heavy (non-hydrogen) atoms. The molecule has 5 heteroatoms. The second kappa shape index (κ2) is 6.71. The van der Waals surface area contributed by atoms with E-state index in [1.165, 1.54) is 12.8 Å². The first-order chi connectivity index (χ1) is 8.74. The minimum Gasteiger partial charge on any atom is -0.317 e. The number of amides is 1. The number of nitrogens with zero attached hydrogens (tertiary/aromatic N) is 1. The van der Waals surface area contributed by atoms with Crippen molar-refractivity contribution in [2.45, 2.75) is 25.7 Å². The van der Waals surface area contributed by atoms with Crippen LogP contribution in [0.15, 0.2) is 18.3 Å². The second-order valence-electron chi connectivity index (χ2n) is 4.64. The number of piperidine rings is 1. The highest BCUT2D eigenvalue weighted by Gasteiger charge is 2.14. The van der Waals surface area contributed by atoms with Gasteiger partial charge < -0.3 is 10.6 Å². The van der Waals surface area contributed by atoms with E-state index in [1.807, 2.05) is 0 Å². The third-order valence-electron chi connectivity index (χ3n) is 3.23. The summed E-state index contributed by atoms with van der Waals surface area (Å²) in [7, 11) is 0. The van der Waals surface area contributed by atoms with Crippen molar-refractivity contribution >= 4 is 23.3 Å². The van der Waals surface area contributed by atoms with Gasteiger partial charge in [0.15, 0.2) is 0 Å². The van der Waals surface area contributed by atoms with Crippen molar-refractivity contribution in [1.29, 1.82) is 0 Å². The van der Waals surface area contributed by atoms with Crippen molar-refractivity contribution in [3.63, 3.8) is 0 Å². The Kier molecular flexibility index (Phi) is 4.96. The van der Waals surface area contributed by atoms with Crippen molar-refractivity contribution < 1.29 is 4.79 Å². The SMILES string of the molecule is O=C(CCC1CCNCC1)Nc1cc(Cl)ccn1. The highest BCUT2D eigenvalue weighted by molar-refractivity contribution is 6.30. The van der Waals surface area contributed by atoms with E-state index in [0.29, 0.717) is 23.2 Å². The Hall–Kier alpha value is -1.13. The van der Waals surface area contributed by atoms with Crippen LogP contribution in [0.1, 0.15) is 25.7 Å². The van der Waals surface area contributed by atoms with Gasteiger partial charge in [0.1, 0.15) is 5.82 Å². The van der Waals surface area contributed by atoms with Crippen LogP contribution in [-0.4, -0.2) is 24.0 Å². The molecular formula is C13H18ClN3O. The summed E-state index contributed by atoms with van der Waals surface area (Å²) in [5, 5.41) is 6.68. The lowest BCUT2D eigenvalue weighted by Crippen LogP contribution is -2.28. The second-order valence-corrected chi connectivity index (χ2v) is 5.08. The number of hydrogen-bond acceptors (Lipinski definition) is 3. The first-order valence-corrected chi connectivity index (χ1v) is 6.74. The molecule has 0 aromatic carbocycles. The van der Waals surface area contributed by atoms with Gasteiger partial charge in [-0.15, -0.1) is 0 Å². The number of halogens is 1. The molecule has 0 unspecified atom stereocenters. The summed E-state index contributed by atoms with van der Waals surface area (Å²) in [4.78, 5) is 15.8. The number of aromatic nitrogens is 1. The average molecular weight is 268 g/mol. The van der Waals surface area contributed by atoms with Gasteiger partial charge in [0.05, 0.1) is 0 Å². The molecule has 0 saturated carbocycles. The maximum Gasteiger partial charge on any atom is 0.225 e. The topological polar surface area (TPSA) is 54.0 Å². The Morgan fingerprint density at radius 3 is 3.00 bits per heavy atom. The summed E-state index contributed by atoms with van der Waals surface area (Å²) in [6.45, 7) is 2.14. The zero-order valence-corrected chi connectivity index (χ0v) is 11.0. The fraction of sp³-hybridized carbons (Fsp3) is 0.538. The van der Waals surface area contributed by atoms with Crippen LogP contribution < -0.4 is 10.6 Å². The minimum atomic E-state index is 0.0169. The number of anilines is 1. The van der Waals surface area contributed by atoms with Crippen molar-refractivity contribution in [3.8, 4) is 0 Å². The van der Waals surface area contributed by atoms with Crippen LogP contribution in [0.4, 0.5) is 5.82 Å². The van der Waals surface area contributed by atoms with Gasteiger partial charge in [0.2, 0.25) is 5.91 Å².